The summed E-state index contributed by atoms with van der Waals surface area (Å²) in [4.78, 5) is 14.2. The third kappa shape index (κ3) is 3.96. The molecule has 3 aromatic rings. The van der Waals surface area contributed by atoms with E-state index in [-0.39, 0.29) is 28.8 Å². The van der Waals surface area contributed by atoms with Crippen LogP contribution in [0.1, 0.15) is 5.56 Å². The van der Waals surface area contributed by atoms with Crippen LogP contribution in [0.2, 0.25) is 5.02 Å². The van der Waals surface area contributed by atoms with Crippen LogP contribution in [0.3, 0.4) is 0 Å². The van der Waals surface area contributed by atoms with Crippen LogP contribution in [0.4, 0.5) is 0 Å². The molecule has 0 amide bonds. The van der Waals surface area contributed by atoms with Crippen LogP contribution in [-0.4, -0.2) is 36.3 Å². The first kappa shape index (κ1) is 19.7. The second-order valence-corrected chi connectivity index (χ2v) is 6.69. The zero-order chi connectivity index (χ0) is 18.1. The van der Waals surface area contributed by atoms with Crippen LogP contribution in [-0.2, 0) is 11.3 Å². The summed E-state index contributed by atoms with van der Waals surface area (Å²) in [6.07, 6.45) is 0. The van der Waals surface area contributed by atoms with E-state index in [0.29, 0.717) is 30.7 Å². The second kappa shape index (κ2) is 8.31. The Hall–Kier alpha value is -2.05. The molecule has 27 heavy (non-hydrogen) atoms. The Balaban J connectivity index is 0.00000210. The zero-order valence-electron chi connectivity index (χ0n) is 14.5. The lowest BCUT2D eigenvalue weighted by Gasteiger charge is -2.27. The fraction of sp³-hybridized carbons (Fsp3) is 0.250. The number of phenols is 1. The molecule has 142 valence electrons. The van der Waals surface area contributed by atoms with E-state index < -0.39 is 5.63 Å². The largest absolute Gasteiger partial charge is 0.506 e. The minimum absolute atomic E-state index is 0. The highest BCUT2D eigenvalue weighted by atomic mass is 35.5. The van der Waals surface area contributed by atoms with Crippen LogP contribution in [0.5, 0.6) is 5.75 Å². The van der Waals surface area contributed by atoms with Gasteiger partial charge in [0.2, 0.25) is 0 Å². The predicted molar refractivity (Wildman–Crippen MR) is 108 cm³/mol. The average Bonchev–Trinajstić information content (AvgIpc) is 2.67. The Bertz CT molecular complexity index is 998. The molecule has 7 heteroatoms. The van der Waals surface area contributed by atoms with E-state index in [1.54, 1.807) is 0 Å². The summed E-state index contributed by atoms with van der Waals surface area (Å²) >= 11 is 6.35. The molecule has 1 aromatic heterocycles. The lowest BCUT2D eigenvalue weighted by Crippen LogP contribution is -2.35. The van der Waals surface area contributed by atoms with Crippen molar-refractivity contribution < 1.29 is 14.3 Å². The van der Waals surface area contributed by atoms with Crippen molar-refractivity contribution >= 4 is 35.0 Å². The second-order valence-electron chi connectivity index (χ2n) is 6.31. The summed E-state index contributed by atoms with van der Waals surface area (Å²) in [5, 5.41) is 11.3. The van der Waals surface area contributed by atoms with Crippen LogP contribution in [0, 0.1) is 0 Å². The van der Waals surface area contributed by atoms with Gasteiger partial charge in [0.15, 0.2) is 5.58 Å². The van der Waals surface area contributed by atoms with Gasteiger partial charge >= 0.3 is 5.63 Å². The Morgan fingerprint density at radius 3 is 2.52 bits per heavy atom. The van der Waals surface area contributed by atoms with Gasteiger partial charge in [-0.05, 0) is 17.2 Å². The summed E-state index contributed by atoms with van der Waals surface area (Å²) in [5.41, 5.74) is 2.04. The van der Waals surface area contributed by atoms with Crippen molar-refractivity contribution in [1.82, 2.24) is 4.90 Å². The number of morpholine rings is 1. The van der Waals surface area contributed by atoms with E-state index in [1.807, 2.05) is 36.4 Å². The van der Waals surface area contributed by atoms with Crippen LogP contribution >= 0.6 is 24.0 Å². The molecule has 2 heterocycles. The molecule has 0 bridgehead atoms. The SMILES string of the molecule is Cl.O=c1cc(-c2ccccc2)c2cc(CN3CCOCC3)c(O)c(Cl)c2o1. The highest BCUT2D eigenvalue weighted by molar-refractivity contribution is 6.36. The summed E-state index contributed by atoms with van der Waals surface area (Å²) in [6, 6.07) is 12.9. The van der Waals surface area contributed by atoms with E-state index in [9.17, 15) is 9.90 Å². The molecule has 0 unspecified atom stereocenters. The predicted octanol–water partition coefficient (Wildman–Crippen LogP) is 4.07. The van der Waals surface area contributed by atoms with Gasteiger partial charge in [-0.1, -0.05) is 41.9 Å². The Labute approximate surface area is 167 Å². The maximum Gasteiger partial charge on any atom is 0.336 e. The van der Waals surface area contributed by atoms with Crippen molar-refractivity contribution in [2.75, 3.05) is 26.3 Å². The normalized spacial score (nSPS) is 14.9. The first-order valence-corrected chi connectivity index (χ1v) is 8.85. The Morgan fingerprint density at radius 2 is 1.81 bits per heavy atom. The van der Waals surface area contributed by atoms with Crippen LogP contribution in [0.25, 0.3) is 22.1 Å². The highest BCUT2D eigenvalue weighted by Crippen LogP contribution is 2.39. The fourth-order valence-electron chi connectivity index (χ4n) is 3.28. The number of aromatic hydroxyl groups is 1. The van der Waals surface area contributed by atoms with Crippen molar-refractivity contribution in [2.24, 2.45) is 0 Å². The molecule has 0 saturated carbocycles. The highest BCUT2D eigenvalue weighted by Gasteiger charge is 2.20. The Morgan fingerprint density at radius 1 is 1.11 bits per heavy atom. The number of nitrogens with zero attached hydrogens (tertiary/aromatic N) is 1. The molecule has 1 saturated heterocycles. The first-order valence-electron chi connectivity index (χ1n) is 8.47. The standard InChI is InChI=1S/C20H18ClNO4.ClH/c21-18-19(24)14(12-22-6-8-25-9-7-22)10-16-15(11-17(23)26-20(16)18)13-4-2-1-3-5-13;/h1-5,10-11,24H,6-9,12H2;1H. The van der Waals surface area contributed by atoms with E-state index >= 15 is 0 Å². The minimum Gasteiger partial charge on any atom is -0.506 e. The molecule has 4 rings (SSSR count). The topological polar surface area (TPSA) is 62.9 Å². The lowest BCUT2D eigenvalue weighted by molar-refractivity contribution is 0.0339. The molecule has 0 aliphatic carbocycles. The third-order valence-electron chi connectivity index (χ3n) is 4.61. The quantitative estimate of drug-likeness (QED) is 0.662. The summed E-state index contributed by atoms with van der Waals surface area (Å²) < 4.78 is 10.7. The molecule has 5 nitrogen and oxygen atoms in total. The number of hydrogen-bond donors (Lipinski definition) is 1. The van der Waals surface area contributed by atoms with Crippen molar-refractivity contribution in [3.05, 3.63) is 63.5 Å². The summed E-state index contributed by atoms with van der Waals surface area (Å²) in [6.45, 7) is 3.49. The smallest absolute Gasteiger partial charge is 0.336 e. The van der Waals surface area contributed by atoms with Gasteiger partial charge in [-0.25, -0.2) is 4.79 Å². The van der Waals surface area contributed by atoms with Gasteiger partial charge in [-0.3, -0.25) is 4.90 Å². The maximum atomic E-state index is 12.0. The van der Waals surface area contributed by atoms with Crippen molar-refractivity contribution in [1.29, 1.82) is 0 Å². The van der Waals surface area contributed by atoms with Crippen molar-refractivity contribution in [3.8, 4) is 16.9 Å². The zero-order valence-corrected chi connectivity index (χ0v) is 16.1. The van der Waals surface area contributed by atoms with Gasteiger partial charge in [-0.2, -0.15) is 0 Å². The van der Waals surface area contributed by atoms with E-state index in [0.717, 1.165) is 24.2 Å². The van der Waals surface area contributed by atoms with Crippen LogP contribution in [0.15, 0.2) is 51.7 Å². The lowest BCUT2D eigenvalue weighted by atomic mass is 9.99. The number of halogens is 2. The van der Waals surface area contributed by atoms with Gasteiger partial charge in [-0.15, -0.1) is 12.4 Å². The van der Waals surface area contributed by atoms with Gasteiger partial charge < -0.3 is 14.3 Å². The fourth-order valence-corrected chi connectivity index (χ4v) is 3.54. The third-order valence-corrected chi connectivity index (χ3v) is 4.96. The van der Waals surface area contributed by atoms with Gasteiger partial charge in [0.25, 0.3) is 0 Å². The number of benzene rings is 2. The molecule has 2 aromatic carbocycles. The van der Waals surface area contributed by atoms with Crippen LogP contribution < -0.4 is 5.63 Å². The molecule has 0 atom stereocenters. The molecular weight excluding hydrogens is 389 g/mol. The van der Waals surface area contributed by atoms with Gasteiger partial charge in [0, 0.05) is 36.7 Å². The molecule has 1 aliphatic heterocycles. The number of hydrogen-bond acceptors (Lipinski definition) is 5. The molecule has 1 N–H and O–H groups in total. The monoisotopic (exact) mass is 407 g/mol. The first-order chi connectivity index (χ1) is 12.6. The Kier molecular flexibility index (Phi) is 6.07. The molecule has 0 radical (unpaired) electrons. The molecule has 1 aliphatic rings. The summed E-state index contributed by atoms with van der Waals surface area (Å²) in [5.74, 6) is -0.0426. The number of rotatable bonds is 3. The minimum atomic E-state index is -0.501. The van der Waals surface area contributed by atoms with Gasteiger partial charge in [0.1, 0.15) is 10.8 Å². The molecular formula is C20H19Cl2NO4. The average molecular weight is 408 g/mol. The van der Waals surface area contributed by atoms with E-state index in [1.165, 1.54) is 6.07 Å². The van der Waals surface area contributed by atoms with Crippen molar-refractivity contribution in [2.45, 2.75) is 6.54 Å². The molecule has 0 spiro atoms. The maximum absolute atomic E-state index is 12.0. The summed E-state index contributed by atoms with van der Waals surface area (Å²) in [7, 11) is 0. The van der Waals surface area contributed by atoms with Gasteiger partial charge in [0.05, 0.1) is 13.2 Å². The molecule has 1 fully saturated rings. The number of ether oxygens (including phenoxy) is 1. The van der Waals surface area contributed by atoms with E-state index in [4.69, 9.17) is 20.8 Å². The van der Waals surface area contributed by atoms with Crippen molar-refractivity contribution in [3.63, 3.8) is 0 Å². The number of phenolic OH excluding ortho intramolecular Hbond substituents is 1. The van der Waals surface area contributed by atoms with E-state index in [2.05, 4.69) is 4.90 Å². The number of fused-ring (bicyclic) bond motifs is 1.